The Morgan fingerprint density at radius 1 is 1.29 bits per heavy atom. The normalized spacial score (nSPS) is 15.1. The van der Waals surface area contributed by atoms with Crippen molar-refractivity contribution in [1.29, 1.82) is 0 Å². The number of halogens is 1. The summed E-state index contributed by atoms with van der Waals surface area (Å²) < 4.78 is 15.0. The van der Waals surface area contributed by atoms with Gasteiger partial charge in [0.05, 0.1) is 12.6 Å². The van der Waals surface area contributed by atoms with Gasteiger partial charge in [0.25, 0.3) is 0 Å². The van der Waals surface area contributed by atoms with Crippen molar-refractivity contribution in [3.8, 4) is 0 Å². The van der Waals surface area contributed by atoms with Crippen molar-refractivity contribution < 1.29 is 14.3 Å². The van der Waals surface area contributed by atoms with Gasteiger partial charge in [-0.3, -0.25) is 0 Å². The number of carbonyl (C=O) groups is 1. The Hall–Kier alpha value is -2.34. The van der Waals surface area contributed by atoms with Gasteiger partial charge in [-0.25, -0.2) is 9.18 Å². The Morgan fingerprint density at radius 2 is 1.96 bits per heavy atom. The first-order chi connectivity index (χ1) is 11.6. The highest BCUT2D eigenvalue weighted by Gasteiger charge is 2.33. The van der Waals surface area contributed by atoms with E-state index in [2.05, 4.69) is 5.32 Å². The van der Waals surface area contributed by atoms with Crippen LogP contribution in [0.15, 0.2) is 48.8 Å². The molecule has 0 radical (unpaired) electrons. The number of aliphatic hydroxyl groups is 1. The smallest absolute Gasteiger partial charge is 0.317 e. The summed E-state index contributed by atoms with van der Waals surface area (Å²) in [5, 5.41) is 13.2. The van der Waals surface area contributed by atoms with E-state index in [0.717, 1.165) is 12.8 Å². The molecule has 0 spiro atoms. The van der Waals surface area contributed by atoms with E-state index in [1.165, 1.54) is 12.1 Å². The topological polar surface area (TPSA) is 57.5 Å². The second kappa shape index (κ2) is 7.49. The summed E-state index contributed by atoms with van der Waals surface area (Å²) in [6, 6.07) is 9.64. The molecule has 2 aromatic rings. The molecule has 1 aromatic heterocycles. The second-order valence-corrected chi connectivity index (χ2v) is 6.10. The van der Waals surface area contributed by atoms with E-state index in [1.807, 2.05) is 29.1 Å². The highest BCUT2D eigenvalue weighted by molar-refractivity contribution is 5.75. The minimum absolute atomic E-state index is 0.161. The molecule has 24 heavy (non-hydrogen) atoms. The summed E-state index contributed by atoms with van der Waals surface area (Å²) in [5.74, 6) is -0.340. The zero-order valence-corrected chi connectivity index (χ0v) is 13.4. The van der Waals surface area contributed by atoms with E-state index >= 15 is 0 Å². The lowest BCUT2D eigenvalue weighted by Gasteiger charge is -2.26. The van der Waals surface area contributed by atoms with Crippen molar-refractivity contribution in [3.63, 3.8) is 0 Å². The van der Waals surface area contributed by atoms with E-state index in [1.54, 1.807) is 17.0 Å². The fourth-order valence-electron chi connectivity index (χ4n) is 2.67. The summed E-state index contributed by atoms with van der Waals surface area (Å²) in [7, 11) is 0. The van der Waals surface area contributed by atoms with Gasteiger partial charge in [0.1, 0.15) is 5.82 Å². The number of benzene rings is 1. The average molecular weight is 331 g/mol. The van der Waals surface area contributed by atoms with Gasteiger partial charge < -0.3 is 19.9 Å². The number of hydrogen-bond donors (Lipinski definition) is 2. The van der Waals surface area contributed by atoms with E-state index in [4.69, 9.17) is 0 Å². The molecule has 5 nitrogen and oxygen atoms in total. The number of nitrogens with zero attached hydrogens (tertiary/aromatic N) is 2. The predicted octanol–water partition coefficient (Wildman–Crippen LogP) is 2.53. The van der Waals surface area contributed by atoms with Crippen LogP contribution in [0.5, 0.6) is 0 Å². The molecule has 0 aliphatic heterocycles. The highest BCUT2D eigenvalue weighted by atomic mass is 19.1. The van der Waals surface area contributed by atoms with E-state index in [9.17, 15) is 14.3 Å². The maximum atomic E-state index is 13.0. The molecular weight excluding hydrogens is 309 g/mol. The molecule has 3 rings (SSSR count). The molecule has 1 aliphatic rings. The number of carbonyl (C=O) groups excluding carboxylic acids is 1. The molecule has 1 aliphatic carbocycles. The van der Waals surface area contributed by atoms with Crippen LogP contribution in [0, 0.1) is 5.82 Å². The molecular formula is C18H22FN3O2. The SMILES string of the molecule is O=C(NCCn1cccc1)N(CC(O)c1ccc(F)cc1)C1CC1. The highest BCUT2D eigenvalue weighted by Crippen LogP contribution is 2.29. The molecule has 1 saturated carbocycles. The molecule has 0 saturated heterocycles. The Labute approximate surface area is 140 Å². The van der Waals surface area contributed by atoms with Crippen molar-refractivity contribution in [1.82, 2.24) is 14.8 Å². The molecule has 1 unspecified atom stereocenters. The molecule has 1 heterocycles. The molecule has 128 valence electrons. The third kappa shape index (κ3) is 4.35. The quantitative estimate of drug-likeness (QED) is 0.819. The first kappa shape index (κ1) is 16.5. The number of aromatic nitrogens is 1. The summed E-state index contributed by atoms with van der Waals surface area (Å²) in [6.07, 6.45) is 5.00. The largest absolute Gasteiger partial charge is 0.387 e. The van der Waals surface area contributed by atoms with Gasteiger partial charge in [0.2, 0.25) is 0 Å². The molecule has 1 fully saturated rings. The Morgan fingerprint density at radius 3 is 2.58 bits per heavy atom. The molecule has 1 aromatic carbocycles. The molecule has 6 heteroatoms. The summed E-state index contributed by atoms with van der Waals surface area (Å²) in [6.45, 7) is 1.45. The van der Waals surface area contributed by atoms with Crippen LogP contribution < -0.4 is 5.32 Å². The molecule has 0 bridgehead atoms. The predicted molar refractivity (Wildman–Crippen MR) is 88.9 cm³/mol. The minimum atomic E-state index is -0.818. The summed E-state index contributed by atoms with van der Waals surface area (Å²) >= 11 is 0. The van der Waals surface area contributed by atoms with Gasteiger partial charge in [-0.1, -0.05) is 12.1 Å². The molecule has 2 N–H and O–H groups in total. The number of urea groups is 1. The summed E-state index contributed by atoms with van der Waals surface area (Å²) in [4.78, 5) is 14.1. The average Bonchev–Trinajstić information content (AvgIpc) is 3.29. The number of amides is 2. The lowest BCUT2D eigenvalue weighted by atomic mass is 10.1. The minimum Gasteiger partial charge on any atom is -0.387 e. The van der Waals surface area contributed by atoms with Crippen LogP contribution in [0.4, 0.5) is 9.18 Å². The standard InChI is InChI=1S/C18H22FN3O2/c19-15-5-3-14(4-6-15)17(23)13-22(16-7-8-16)18(24)20-9-12-21-10-1-2-11-21/h1-6,10-11,16-17,23H,7-9,12-13H2,(H,20,24). The van der Waals surface area contributed by atoms with Crippen LogP contribution in [0.1, 0.15) is 24.5 Å². The van der Waals surface area contributed by atoms with Crippen molar-refractivity contribution in [2.75, 3.05) is 13.1 Å². The lowest BCUT2D eigenvalue weighted by molar-refractivity contribution is 0.118. The maximum absolute atomic E-state index is 13.0. The van der Waals surface area contributed by atoms with Crippen LogP contribution in [0.25, 0.3) is 0 Å². The Balaban J connectivity index is 1.53. The monoisotopic (exact) mass is 331 g/mol. The zero-order chi connectivity index (χ0) is 16.9. The zero-order valence-electron chi connectivity index (χ0n) is 13.4. The fraction of sp³-hybridized carbons (Fsp3) is 0.389. The Bertz CT molecular complexity index is 653. The number of hydrogen-bond acceptors (Lipinski definition) is 2. The van der Waals surface area contributed by atoms with Gasteiger partial charge in [0.15, 0.2) is 0 Å². The lowest BCUT2D eigenvalue weighted by Crippen LogP contribution is -2.44. The maximum Gasteiger partial charge on any atom is 0.317 e. The van der Waals surface area contributed by atoms with Crippen LogP contribution in [-0.2, 0) is 6.54 Å². The van der Waals surface area contributed by atoms with Crippen molar-refractivity contribution in [2.45, 2.75) is 31.5 Å². The van der Waals surface area contributed by atoms with Crippen LogP contribution in [0.2, 0.25) is 0 Å². The Kier molecular flexibility index (Phi) is 5.15. The van der Waals surface area contributed by atoms with Gasteiger partial charge >= 0.3 is 6.03 Å². The fourth-order valence-corrected chi connectivity index (χ4v) is 2.67. The second-order valence-electron chi connectivity index (χ2n) is 6.10. The van der Waals surface area contributed by atoms with Crippen LogP contribution in [-0.4, -0.2) is 39.7 Å². The van der Waals surface area contributed by atoms with Crippen LogP contribution >= 0.6 is 0 Å². The van der Waals surface area contributed by atoms with E-state index < -0.39 is 6.10 Å². The van der Waals surface area contributed by atoms with Gasteiger partial charge in [0, 0.05) is 31.5 Å². The van der Waals surface area contributed by atoms with Gasteiger partial charge in [-0.2, -0.15) is 0 Å². The first-order valence-corrected chi connectivity index (χ1v) is 8.22. The van der Waals surface area contributed by atoms with Crippen molar-refractivity contribution in [2.24, 2.45) is 0 Å². The third-order valence-corrected chi connectivity index (χ3v) is 4.19. The number of rotatable bonds is 7. The van der Waals surface area contributed by atoms with Crippen molar-refractivity contribution in [3.05, 3.63) is 60.2 Å². The number of aliphatic hydroxyl groups excluding tert-OH is 1. The summed E-state index contributed by atoms with van der Waals surface area (Å²) in [5.41, 5.74) is 0.613. The van der Waals surface area contributed by atoms with E-state index in [0.29, 0.717) is 18.7 Å². The van der Waals surface area contributed by atoms with Crippen molar-refractivity contribution >= 4 is 6.03 Å². The molecule has 2 amide bonds. The van der Waals surface area contributed by atoms with Crippen LogP contribution in [0.3, 0.4) is 0 Å². The van der Waals surface area contributed by atoms with Gasteiger partial charge in [-0.15, -0.1) is 0 Å². The van der Waals surface area contributed by atoms with E-state index in [-0.39, 0.29) is 24.4 Å². The third-order valence-electron chi connectivity index (χ3n) is 4.19. The van der Waals surface area contributed by atoms with Gasteiger partial charge in [-0.05, 0) is 42.7 Å². The first-order valence-electron chi connectivity index (χ1n) is 8.22. The number of nitrogens with one attached hydrogen (secondary N) is 1. The molecule has 1 atom stereocenters.